The summed E-state index contributed by atoms with van der Waals surface area (Å²) in [4.78, 5) is 42.4. The molecular formula is C20H19N3O3. The fraction of sp³-hybridized carbons (Fsp3) is 0.300. The van der Waals surface area contributed by atoms with E-state index in [9.17, 15) is 14.4 Å². The monoisotopic (exact) mass is 349 g/mol. The molecule has 1 aromatic carbocycles. The summed E-state index contributed by atoms with van der Waals surface area (Å²) in [5.74, 6) is -0.685. The van der Waals surface area contributed by atoms with Gasteiger partial charge in [0.25, 0.3) is 11.8 Å². The van der Waals surface area contributed by atoms with Gasteiger partial charge >= 0.3 is 0 Å². The summed E-state index contributed by atoms with van der Waals surface area (Å²) in [5, 5.41) is 2.93. The summed E-state index contributed by atoms with van der Waals surface area (Å²) in [5.41, 5.74) is 1.62. The van der Waals surface area contributed by atoms with E-state index in [1.807, 2.05) is 0 Å². The third-order valence-corrected chi connectivity index (χ3v) is 5.02. The first-order valence-corrected chi connectivity index (χ1v) is 8.90. The van der Waals surface area contributed by atoms with Crippen LogP contribution in [0.25, 0.3) is 0 Å². The molecule has 4 rings (SSSR count). The Kier molecular flexibility index (Phi) is 4.24. The number of aromatic nitrogens is 1. The van der Waals surface area contributed by atoms with Gasteiger partial charge in [0.2, 0.25) is 5.91 Å². The smallest absolute Gasteiger partial charge is 0.284 e. The van der Waals surface area contributed by atoms with Gasteiger partial charge < -0.3 is 5.32 Å². The Balaban J connectivity index is 1.49. The number of amides is 3. The van der Waals surface area contributed by atoms with Gasteiger partial charge in [-0.3, -0.25) is 19.4 Å². The van der Waals surface area contributed by atoms with Crippen LogP contribution in [0.5, 0.6) is 0 Å². The summed E-state index contributed by atoms with van der Waals surface area (Å²) in [6, 6.07) is 10.00. The summed E-state index contributed by atoms with van der Waals surface area (Å²) >= 11 is 0. The van der Waals surface area contributed by atoms with E-state index in [1.54, 1.807) is 36.4 Å². The zero-order chi connectivity index (χ0) is 18.1. The third-order valence-electron chi connectivity index (χ3n) is 5.02. The number of fused-ring (bicyclic) bond motifs is 1. The Morgan fingerprint density at radius 1 is 1.00 bits per heavy atom. The zero-order valence-corrected chi connectivity index (χ0v) is 14.3. The predicted molar refractivity (Wildman–Crippen MR) is 97.0 cm³/mol. The van der Waals surface area contributed by atoms with Crippen LogP contribution < -0.4 is 10.2 Å². The number of hydrogen-bond donors (Lipinski definition) is 1. The number of rotatable bonds is 3. The second-order valence-corrected chi connectivity index (χ2v) is 6.72. The van der Waals surface area contributed by atoms with Crippen molar-refractivity contribution in [3.8, 4) is 0 Å². The molecule has 2 aliphatic rings. The van der Waals surface area contributed by atoms with Crippen LogP contribution in [0.15, 0.2) is 42.6 Å². The van der Waals surface area contributed by atoms with E-state index in [0.29, 0.717) is 16.9 Å². The Labute approximate surface area is 151 Å². The maximum atomic E-state index is 12.5. The highest BCUT2D eigenvalue weighted by atomic mass is 16.2. The molecular weight excluding hydrogens is 330 g/mol. The standard InChI is InChI=1S/C20H19N3O3/c24-18(13-5-2-1-3-6-13)22-14-8-10-15(11-9-14)23-19(25)16-7-4-12-21-17(16)20(23)26/h4,7-13H,1-3,5-6H2,(H,22,24). The molecule has 1 saturated carbocycles. The number of benzene rings is 1. The zero-order valence-electron chi connectivity index (χ0n) is 14.3. The number of carbonyl (C=O) groups excluding carboxylic acids is 3. The quantitative estimate of drug-likeness (QED) is 0.861. The lowest BCUT2D eigenvalue weighted by molar-refractivity contribution is -0.120. The van der Waals surface area contributed by atoms with E-state index in [1.165, 1.54) is 12.6 Å². The van der Waals surface area contributed by atoms with Crippen LogP contribution in [-0.2, 0) is 4.79 Å². The second kappa shape index (κ2) is 6.71. The summed E-state index contributed by atoms with van der Waals surface area (Å²) < 4.78 is 0. The highest BCUT2D eigenvalue weighted by molar-refractivity contribution is 6.33. The summed E-state index contributed by atoms with van der Waals surface area (Å²) in [6.07, 6.45) is 6.78. The maximum absolute atomic E-state index is 12.5. The van der Waals surface area contributed by atoms with E-state index in [0.717, 1.165) is 30.6 Å². The topological polar surface area (TPSA) is 79.4 Å². The van der Waals surface area contributed by atoms with Crippen molar-refractivity contribution in [1.82, 2.24) is 4.98 Å². The van der Waals surface area contributed by atoms with E-state index in [-0.39, 0.29) is 23.4 Å². The molecule has 0 bridgehead atoms. The molecule has 0 radical (unpaired) electrons. The Bertz CT molecular complexity index is 835. The lowest BCUT2D eigenvalue weighted by Gasteiger charge is -2.21. The molecule has 1 aromatic heterocycles. The van der Waals surface area contributed by atoms with Crippen molar-refractivity contribution in [3.63, 3.8) is 0 Å². The number of nitrogens with zero attached hydrogens (tertiary/aromatic N) is 2. The summed E-state index contributed by atoms with van der Waals surface area (Å²) in [7, 11) is 0. The van der Waals surface area contributed by atoms with Crippen LogP contribution >= 0.6 is 0 Å². The first-order chi connectivity index (χ1) is 12.6. The molecule has 0 spiro atoms. The Hall–Kier alpha value is -3.02. The lowest BCUT2D eigenvalue weighted by atomic mass is 9.88. The van der Waals surface area contributed by atoms with Crippen molar-refractivity contribution in [2.75, 3.05) is 10.2 Å². The molecule has 2 aromatic rings. The van der Waals surface area contributed by atoms with Crippen LogP contribution in [-0.4, -0.2) is 22.7 Å². The maximum Gasteiger partial charge on any atom is 0.284 e. The molecule has 6 nitrogen and oxygen atoms in total. The van der Waals surface area contributed by atoms with Gasteiger partial charge in [-0.15, -0.1) is 0 Å². The molecule has 0 saturated heterocycles. The van der Waals surface area contributed by atoms with E-state index >= 15 is 0 Å². The van der Waals surface area contributed by atoms with E-state index in [4.69, 9.17) is 0 Å². The lowest BCUT2D eigenvalue weighted by Crippen LogP contribution is -2.29. The average Bonchev–Trinajstić information content (AvgIpc) is 2.94. The minimum absolute atomic E-state index is 0.0439. The Morgan fingerprint density at radius 3 is 2.42 bits per heavy atom. The number of anilines is 2. The molecule has 132 valence electrons. The molecule has 3 amide bonds. The molecule has 0 unspecified atom stereocenters. The second-order valence-electron chi connectivity index (χ2n) is 6.72. The van der Waals surface area contributed by atoms with Crippen molar-refractivity contribution in [1.29, 1.82) is 0 Å². The van der Waals surface area contributed by atoms with Gasteiger partial charge in [0.15, 0.2) is 0 Å². The van der Waals surface area contributed by atoms with E-state index < -0.39 is 5.91 Å². The van der Waals surface area contributed by atoms with Gasteiger partial charge in [-0.25, -0.2) is 4.90 Å². The highest BCUT2D eigenvalue weighted by Crippen LogP contribution is 2.29. The van der Waals surface area contributed by atoms with Gasteiger partial charge in [0, 0.05) is 17.8 Å². The molecule has 0 atom stereocenters. The van der Waals surface area contributed by atoms with Crippen molar-refractivity contribution in [3.05, 3.63) is 53.9 Å². The van der Waals surface area contributed by atoms with Crippen LogP contribution in [0.1, 0.15) is 53.0 Å². The number of hydrogen-bond acceptors (Lipinski definition) is 4. The fourth-order valence-corrected chi connectivity index (χ4v) is 3.60. The molecule has 1 aliphatic heterocycles. The molecule has 1 aliphatic carbocycles. The first-order valence-electron chi connectivity index (χ1n) is 8.90. The first kappa shape index (κ1) is 16.4. The molecule has 1 fully saturated rings. The summed E-state index contributed by atoms with van der Waals surface area (Å²) in [6.45, 7) is 0. The van der Waals surface area contributed by atoms with Crippen LogP contribution in [0.3, 0.4) is 0 Å². The minimum atomic E-state index is -0.426. The normalized spacial score (nSPS) is 17.3. The number of carbonyl (C=O) groups is 3. The van der Waals surface area contributed by atoms with Crippen LogP contribution in [0.2, 0.25) is 0 Å². The fourth-order valence-electron chi connectivity index (χ4n) is 3.60. The number of imide groups is 1. The molecule has 2 heterocycles. The van der Waals surface area contributed by atoms with E-state index in [2.05, 4.69) is 10.3 Å². The highest BCUT2D eigenvalue weighted by Gasteiger charge is 2.37. The number of nitrogens with one attached hydrogen (secondary N) is 1. The molecule has 6 heteroatoms. The number of pyridine rings is 1. The van der Waals surface area contributed by atoms with Gasteiger partial charge in [-0.1, -0.05) is 19.3 Å². The van der Waals surface area contributed by atoms with Gasteiger partial charge in [0.1, 0.15) is 5.69 Å². The minimum Gasteiger partial charge on any atom is -0.326 e. The SMILES string of the molecule is O=C(Nc1ccc(N2C(=O)c3cccnc3C2=O)cc1)C1CCCCC1. The van der Waals surface area contributed by atoms with Crippen molar-refractivity contribution >= 4 is 29.1 Å². The van der Waals surface area contributed by atoms with Crippen LogP contribution in [0, 0.1) is 5.92 Å². The molecule has 26 heavy (non-hydrogen) atoms. The average molecular weight is 349 g/mol. The van der Waals surface area contributed by atoms with Crippen molar-refractivity contribution < 1.29 is 14.4 Å². The van der Waals surface area contributed by atoms with Gasteiger partial charge in [-0.2, -0.15) is 0 Å². The van der Waals surface area contributed by atoms with Crippen LogP contribution in [0.4, 0.5) is 11.4 Å². The van der Waals surface area contributed by atoms with Gasteiger partial charge in [-0.05, 0) is 49.2 Å². The largest absolute Gasteiger partial charge is 0.326 e. The molecule has 1 N–H and O–H groups in total. The van der Waals surface area contributed by atoms with Gasteiger partial charge in [0.05, 0.1) is 11.3 Å². The predicted octanol–water partition coefficient (Wildman–Crippen LogP) is 3.40. The van der Waals surface area contributed by atoms with Crippen molar-refractivity contribution in [2.24, 2.45) is 5.92 Å². The Morgan fingerprint density at radius 2 is 1.73 bits per heavy atom. The van der Waals surface area contributed by atoms with Crippen molar-refractivity contribution in [2.45, 2.75) is 32.1 Å². The third kappa shape index (κ3) is 2.87.